The summed E-state index contributed by atoms with van der Waals surface area (Å²) in [4.78, 5) is 11.9. The van der Waals surface area contributed by atoms with Crippen LogP contribution in [-0.2, 0) is 4.79 Å². The topological polar surface area (TPSA) is 64.3 Å². The van der Waals surface area contributed by atoms with Crippen LogP contribution in [0.25, 0.3) is 0 Å². The Hall–Kier alpha value is -1.42. The molecule has 3 N–H and O–H groups in total. The van der Waals surface area contributed by atoms with E-state index >= 15 is 0 Å². The molecule has 0 aromatic heterocycles. The number of hydrogen-bond acceptors (Lipinski definition) is 3. The number of nitrogens with two attached hydrogens (primary N) is 1. The van der Waals surface area contributed by atoms with Gasteiger partial charge in [-0.3, -0.25) is 4.79 Å². The monoisotopic (exact) mass is 296 g/mol. The molecule has 1 aliphatic carbocycles. The smallest absolute Gasteiger partial charge is 0.258 e. The second-order valence-corrected chi connectivity index (χ2v) is 5.64. The third kappa shape index (κ3) is 4.60. The predicted molar refractivity (Wildman–Crippen MR) is 81.0 cm³/mol. The fourth-order valence-electron chi connectivity index (χ4n) is 2.47. The normalized spacial score (nSPS) is 16.4. The van der Waals surface area contributed by atoms with Crippen molar-refractivity contribution in [2.24, 2.45) is 0 Å². The van der Waals surface area contributed by atoms with Crippen LogP contribution in [0.2, 0.25) is 5.02 Å². The number of benzene rings is 1. The molecule has 1 amide bonds. The molecule has 1 aromatic rings. The zero-order valence-corrected chi connectivity index (χ0v) is 12.3. The Balaban J connectivity index is 1.81. The van der Waals surface area contributed by atoms with E-state index in [9.17, 15) is 4.79 Å². The fourth-order valence-corrected chi connectivity index (χ4v) is 2.64. The Morgan fingerprint density at radius 3 is 2.70 bits per heavy atom. The molecule has 0 atom stereocenters. The SMILES string of the molecule is Nc1ccc(Cl)c(OCC(=O)NC2CCCCCC2)c1. The first-order valence-electron chi connectivity index (χ1n) is 7.12. The highest BCUT2D eigenvalue weighted by atomic mass is 35.5. The van der Waals surface area contributed by atoms with Gasteiger partial charge in [0.2, 0.25) is 0 Å². The van der Waals surface area contributed by atoms with Crippen molar-refractivity contribution in [3.05, 3.63) is 23.2 Å². The summed E-state index contributed by atoms with van der Waals surface area (Å²) in [5.41, 5.74) is 6.22. The number of amides is 1. The lowest BCUT2D eigenvalue weighted by Gasteiger charge is -2.16. The van der Waals surface area contributed by atoms with Crippen molar-refractivity contribution < 1.29 is 9.53 Å². The van der Waals surface area contributed by atoms with Crippen molar-refractivity contribution in [3.63, 3.8) is 0 Å². The van der Waals surface area contributed by atoms with E-state index in [1.807, 2.05) is 0 Å². The van der Waals surface area contributed by atoms with Crippen molar-refractivity contribution in [3.8, 4) is 5.75 Å². The third-order valence-electron chi connectivity index (χ3n) is 3.53. The lowest BCUT2D eigenvalue weighted by Crippen LogP contribution is -2.37. The van der Waals surface area contributed by atoms with E-state index in [-0.39, 0.29) is 18.6 Å². The number of nitrogens with one attached hydrogen (secondary N) is 1. The van der Waals surface area contributed by atoms with E-state index in [0.29, 0.717) is 16.5 Å². The Morgan fingerprint density at radius 2 is 2.00 bits per heavy atom. The van der Waals surface area contributed by atoms with Crippen molar-refractivity contribution in [2.45, 2.75) is 44.6 Å². The molecule has 1 saturated carbocycles. The van der Waals surface area contributed by atoms with Gasteiger partial charge in [0.1, 0.15) is 5.75 Å². The second-order valence-electron chi connectivity index (χ2n) is 5.23. The molecule has 0 saturated heterocycles. The summed E-state index contributed by atoms with van der Waals surface area (Å²) < 4.78 is 5.43. The summed E-state index contributed by atoms with van der Waals surface area (Å²) in [6.45, 7) is -0.0281. The van der Waals surface area contributed by atoms with Gasteiger partial charge >= 0.3 is 0 Å². The van der Waals surface area contributed by atoms with Crippen LogP contribution >= 0.6 is 11.6 Å². The van der Waals surface area contributed by atoms with E-state index in [1.54, 1.807) is 18.2 Å². The Kier molecular flexibility index (Phi) is 5.53. The molecule has 0 radical (unpaired) electrons. The van der Waals surface area contributed by atoms with Gasteiger partial charge in [0.15, 0.2) is 6.61 Å². The second kappa shape index (κ2) is 7.39. The molecular formula is C15H21ClN2O2. The number of nitrogen functional groups attached to an aromatic ring is 1. The highest BCUT2D eigenvalue weighted by Gasteiger charge is 2.15. The average Bonchev–Trinajstić information content (AvgIpc) is 2.68. The Morgan fingerprint density at radius 1 is 1.30 bits per heavy atom. The van der Waals surface area contributed by atoms with Crippen molar-refractivity contribution >= 4 is 23.2 Å². The average molecular weight is 297 g/mol. The van der Waals surface area contributed by atoms with Crippen LogP contribution in [0.3, 0.4) is 0 Å². The summed E-state index contributed by atoms with van der Waals surface area (Å²) in [5, 5.41) is 3.48. The van der Waals surface area contributed by atoms with Gasteiger partial charge in [0, 0.05) is 17.8 Å². The maximum Gasteiger partial charge on any atom is 0.258 e. The quantitative estimate of drug-likeness (QED) is 0.663. The molecule has 1 fully saturated rings. The summed E-state index contributed by atoms with van der Waals surface area (Å²) >= 11 is 5.98. The van der Waals surface area contributed by atoms with Gasteiger partial charge < -0.3 is 15.8 Å². The number of halogens is 1. The van der Waals surface area contributed by atoms with E-state index in [2.05, 4.69) is 5.32 Å². The van der Waals surface area contributed by atoms with Gasteiger partial charge in [-0.15, -0.1) is 0 Å². The van der Waals surface area contributed by atoms with Crippen LogP contribution in [0.15, 0.2) is 18.2 Å². The predicted octanol–water partition coefficient (Wildman–Crippen LogP) is 3.14. The largest absolute Gasteiger partial charge is 0.482 e. The van der Waals surface area contributed by atoms with Crippen LogP contribution in [0.4, 0.5) is 5.69 Å². The van der Waals surface area contributed by atoms with Gasteiger partial charge in [0.05, 0.1) is 5.02 Å². The summed E-state index contributed by atoms with van der Waals surface area (Å²) in [6.07, 6.45) is 7.03. The molecule has 0 heterocycles. The first kappa shape index (κ1) is 15.0. The molecule has 0 bridgehead atoms. The number of ether oxygens (including phenoxy) is 1. The van der Waals surface area contributed by atoms with E-state index in [1.165, 1.54) is 25.7 Å². The number of carbonyl (C=O) groups excluding carboxylic acids is 1. The molecule has 2 rings (SSSR count). The van der Waals surface area contributed by atoms with Crippen LogP contribution in [0.1, 0.15) is 38.5 Å². The van der Waals surface area contributed by atoms with Crippen molar-refractivity contribution in [1.82, 2.24) is 5.32 Å². The Bertz CT molecular complexity index is 457. The first-order valence-corrected chi connectivity index (χ1v) is 7.50. The molecule has 4 nitrogen and oxygen atoms in total. The summed E-state index contributed by atoms with van der Waals surface area (Å²) in [5.74, 6) is 0.345. The molecule has 20 heavy (non-hydrogen) atoms. The van der Waals surface area contributed by atoms with Gasteiger partial charge in [0.25, 0.3) is 5.91 Å². The molecule has 0 unspecified atom stereocenters. The van der Waals surface area contributed by atoms with Gasteiger partial charge in [-0.25, -0.2) is 0 Å². The zero-order valence-electron chi connectivity index (χ0n) is 11.5. The first-order chi connectivity index (χ1) is 9.65. The van der Waals surface area contributed by atoms with E-state index in [0.717, 1.165) is 12.8 Å². The minimum atomic E-state index is -0.101. The zero-order chi connectivity index (χ0) is 14.4. The van der Waals surface area contributed by atoms with Crippen molar-refractivity contribution in [2.75, 3.05) is 12.3 Å². The number of hydrogen-bond donors (Lipinski definition) is 2. The number of carbonyl (C=O) groups is 1. The Labute approximate surface area is 124 Å². The van der Waals surface area contributed by atoms with Crippen LogP contribution < -0.4 is 15.8 Å². The molecule has 0 aliphatic heterocycles. The van der Waals surface area contributed by atoms with Gasteiger partial charge in [-0.1, -0.05) is 37.3 Å². The highest BCUT2D eigenvalue weighted by Crippen LogP contribution is 2.26. The highest BCUT2D eigenvalue weighted by molar-refractivity contribution is 6.32. The maximum absolute atomic E-state index is 11.9. The van der Waals surface area contributed by atoms with E-state index < -0.39 is 0 Å². The lowest BCUT2D eigenvalue weighted by atomic mass is 10.1. The standard InChI is InChI=1S/C15H21ClN2O2/c16-13-8-7-11(17)9-14(13)20-10-15(19)18-12-5-3-1-2-4-6-12/h7-9,12H,1-6,10,17H2,(H,18,19). The van der Waals surface area contributed by atoms with Crippen LogP contribution in [-0.4, -0.2) is 18.6 Å². The van der Waals surface area contributed by atoms with Crippen molar-refractivity contribution in [1.29, 1.82) is 0 Å². The third-order valence-corrected chi connectivity index (χ3v) is 3.85. The molecular weight excluding hydrogens is 276 g/mol. The van der Waals surface area contributed by atoms with Gasteiger partial charge in [-0.2, -0.15) is 0 Å². The minimum Gasteiger partial charge on any atom is -0.482 e. The lowest BCUT2D eigenvalue weighted by molar-refractivity contribution is -0.123. The summed E-state index contributed by atoms with van der Waals surface area (Å²) in [7, 11) is 0. The number of rotatable bonds is 4. The van der Waals surface area contributed by atoms with Crippen LogP contribution in [0, 0.1) is 0 Å². The van der Waals surface area contributed by atoms with Crippen LogP contribution in [0.5, 0.6) is 5.75 Å². The molecule has 0 spiro atoms. The fraction of sp³-hybridized carbons (Fsp3) is 0.533. The van der Waals surface area contributed by atoms with Gasteiger partial charge in [-0.05, 0) is 25.0 Å². The van der Waals surface area contributed by atoms with E-state index in [4.69, 9.17) is 22.1 Å². The molecule has 110 valence electrons. The minimum absolute atomic E-state index is 0.0281. The molecule has 5 heteroatoms. The summed E-state index contributed by atoms with van der Waals surface area (Å²) in [6, 6.07) is 5.27. The number of anilines is 1. The molecule has 1 aliphatic rings. The molecule has 1 aromatic carbocycles. The maximum atomic E-state index is 11.9.